The molecule has 0 aliphatic rings. The third-order valence-electron chi connectivity index (χ3n) is 2.11. The van der Waals surface area contributed by atoms with Gasteiger partial charge in [0.15, 0.2) is 0 Å². The molecule has 0 saturated carbocycles. The van der Waals surface area contributed by atoms with Crippen molar-refractivity contribution >= 4 is 32.8 Å². The lowest BCUT2D eigenvalue weighted by molar-refractivity contribution is 0.505. The van der Waals surface area contributed by atoms with Gasteiger partial charge in [0.1, 0.15) is 9.84 Å². The Morgan fingerprint density at radius 1 is 1.44 bits per heavy atom. The Bertz CT molecular complexity index is 441. The number of thiophene rings is 1. The van der Waals surface area contributed by atoms with E-state index in [2.05, 4.69) is 5.32 Å². The van der Waals surface area contributed by atoms with Crippen LogP contribution in [0.2, 0.25) is 4.34 Å². The molecule has 1 N–H and O–H groups in total. The van der Waals surface area contributed by atoms with Crippen molar-refractivity contribution in [2.24, 2.45) is 0 Å². The van der Waals surface area contributed by atoms with E-state index in [0.717, 1.165) is 9.21 Å². The van der Waals surface area contributed by atoms with E-state index in [1.165, 1.54) is 17.6 Å². The molecule has 0 aliphatic carbocycles. The van der Waals surface area contributed by atoms with E-state index in [9.17, 15) is 8.42 Å². The van der Waals surface area contributed by atoms with Crippen LogP contribution in [0.15, 0.2) is 12.1 Å². The normalized spacial score (nSPS) is 16.0. The summed E-state index contributed by atoms with van der Waals surface area (Å²) >= 11 is 7.35. The summed E-state index contributed by atoms with van der Waals surface area (Å²) in [5, 5.41) is 3.24. The summed E-state index contributed by atoms with van der Waals surface area (Å²) in [6.07, 6.45) is 1.25. The van der Waals surface area contributed by atoms with Gasteiger partial charge in [-0.15, -0.1) is 11.3 Å². The largest absolute Gasteiger partial charge is 0.306 e. The lowest BCUT2D eigenvalue weighted by Crippen LogP contribution is -2.34. The van der Waals surface area contributed by atoms with Gasteiger partial charge in [0.05, 0.1) is 10.1 Å². The highest BCUT2D eigenvalue weighted by atomic mass is 35.5. The maximum Gasteiger partial charge on any atom is 0.148 e. The molecule has 1 rings (SSSR count). The van der Waals surface area contributed by atoms with Gasteiger partial charge in [0.25, 0.3) is 0 Å². The molecule has 0 saturated heterocycles. The molecule has 1 aromatic heterocycles. The number of nitrogens with one attached hydrogen (secondary N) is 1. The van der Waals surface area contributed by atoms with Gasteiger partial charge in [-0.25, -0.2) is 8.42 Å². The molecule has 0 aliphatic heterocycles. The third kappa shape index (κ3) is 4.82. The zero-order valence-corrected chi connectivity index (χ0v) is 11.9. The number of sulfone groups is 1. The molecule has 92 valence electrons. The Balaban J connectivity index is 2.55. The zero-order valence-electron chi connectivity index (χ0n) is 9.53. The highest BCUT2D eigenvalue weighted by molar-refractivity contribution is 7.90. The van der Waals surface area contributed by atoms with E-state index in [1.54, 1.807) is 0 Å². The van der Waals surface area contributed by atoms with Gasteiger partial charge >= 0.3 is 0 Å². The van der Waals surface area contributed by atoms with Gasteiger partial charge in [-0.1, -0.05) is 11.6 Å². The number of hydrogen-bond donors (Lipinski definition) is 1. The van der Waals surface area contributed by atoms with E-state index in [1.807, 2.05) is 26.0 Å². The minimum Gasteiger partial charge on any atom is -0.306 e. The number of hydrogen-bond acceptors (Lipinski definition) is 4. The van der Waals surface area contributed by atoms with Crippen LogP contribution in [0.3, 0.4) is 0 Å². The fraction of sp³-hybridized carbons (Fsp3) is 0.600. The smallest absolute Gasteiger partial charge is 0.148 e. The van der Waals surface area contributed by atoms with Crippen LogP contribution in [0.5, 0.6) is 0 Å². The topological polar surface area (TPSA) is 46.2 Å². The van der Waals surface area contributed by atoms with E-state index in [0.29, 0.717) is 0 Å². The first kappa shape index (κ1) is 14.0. The molecule has 0 spiro atoms. The van der Waals surface area contributed by atoms with Gasteiger partial charge in [-0.05, 0) is 26.0 Å². The highest BCUT2D eigenvalue weighted by Crippen LogP contribution is 2.26. The van der Waals surface area contributed by atoms with Gasteiger partial charge < -0.3 is 5.32 Å². The lowest BCUT2D eigenvalue weighted by Gasteiger charge is -2.18. The Morgan fingerprint density at radius 2 is 2.06 bits per heavy atom. The van der Waals surface area contributed by atoms with Crippen molar-refractivity contribution < 1.29 is 8.42 Å². The first-order valence-corrected chi connectivity index (χ1v) is 8.22. The second-order valence-electron chi connectivity index (χ2n) is 4.02. The predicted molar refractivity (Wildman–Crippen MR) is 70.1 cm³/mol. The minimum absolute atomic E-state index is 0.0640. The molecule has 1 aromatic rings. The molecular weight excluding hydrogens is 266 g/mol. The fourth-order valence-corrected chi connectivity index (χ4v) is 3.65. The first-order valence-electron chi connectivity index (χ1n) is 4.97. The average Bonchev–Trinajstić information content (AvgIpc) is 2.47. The van der Waals surface area contributed by atoms with Crippen molar-refractivity contribution in [1.29, 1.82) is 0 Å². The van der Waals surface area contributed by atoms with Gasteiger partial charge in [-0.2, -0.15) is 0 Å². The summed E-state index contributed by atoms with van der Waals surface area (Å²) in [4.78, 5) is 1.12. The third-order valence-corrected chi connectivity index (χ3v) is 4.63. The fourth-order valence-electron chi connectivity index (χ4n) is 1.57. The van der Waals surface area contributed by atoms with Gasteiger partial charge in [0.2, 0.25) is 0 Å². The van der Waals surface area contributed by atoms with Crippen LogP contribution >= 0.6 is 22.9 Å². The van der Waals surface area contributed by atoms with Crippen LogP contribution in [0.1, 0.15) is 24.8 Å². The van der Waals surface area contributed by atoms with Gasteiger partial charge in [0, 0.05) is 23.2 Å². The SMILES string of the molecule is CC(CS(C)(=O)=O)NC(C)c1ccc(Cl)s1. The Labute approximate surface area is 106 Å². The van der Waals surface area contributed by atoms with Crippen LogP contribution in [-0.2, 0) is 9.84 Å². The van der Waals surface area contributed by atoms with Crippen molar-refractivity contribution in [3.63, 3.8) is 0 Å². The molecular formula is C10H16ClNO2S2. The van der Waals surface area contributed by atoms with Crippen LogP contribution in [0.4, 0.5) is 0 Å². The number of rotatable bonds is 5. The maximum atomic E-state index is 11.1. The number of halogens is 1. The van der Waals surface area contributed by atoms with E-state index >= 15 is 0 Å². The quantitative estimate of drug-likeness (QED) is 0.902. The molecule has 0 bridgehead atoms. The van der Waals surface area contributed by atoms with E-state index in [4.69, 9.17) is 11.6 Å². The summed E-state index contributed by atoms with van der Waals surface area (Å²) in [6.45, 7) is 3.87. The molecule has 0 fully saturated rings. The van der Waals surface area contributed by atoms with E-state index < -0.39 is 9.84 Å². The van der Waals surface area contributed by atoms with Crippen molar-refractivity contribution in [3.8, 4) is 0 Å². The Morgan fingerprint density at radius 3 is 2.50 bits per heavy atom. The monoisotopic (exact) mass is 281 g/mol. The molecule has 2 unspecified atom stereocenters. The minimum atomic E-state index is -2.93. The summed E-state index contributed by atoms with van der Waals surface area (Å²) < 4.78 is 23.0. The van der Waals surface area contributed by atoms with E-state index in [-0.39, 0.29) is 17.8 Å². The zero-order chi connectivity index (χ0) is 12.3. The molecule has 16 heavy (non-hydrogen) atoms. The van der Waals surface area contributed by atoms with Crippen molar-refractivity contribution in [2.45, 2.75) is 25.9 Å². The molecule has 3 nitrogen and oxygen atoms in total. The molecule has 0 radical (unpaired) electrons. The van der Waals surface area contributed by atoms with Gasteiger partial charge in [-0.3, -0.25) is 0 Å². The standard InChI is InChI=1S/C10H16ClNO2S2/c1-7(6-16(3,13)14)12-8(2)9-4-5-10(11)15-9/h4-5,7-8,12H,6H2,1-3H3. The van der Waals surface area contributed by atoms with Crippen LogP contribution < -0.4 is 5.32 Å². The summed E-state index contributed by atoms with van der Waals surface area (Å²) in [7, 11) is -2.93. The Kier molecular flexibility index (Phi) is 4.79. The summed E-state index contributed by atoms with van der Waals surface area (Å²) in [6, 6.07) is 3.86. The second kappa shape index (κ2) is 5.49. The predicted octanol–water partition coefficient (Wildman–Crippen LogP) is 2.49. The van der Waals surface area contributed by atoms with Crippen molar-refractivity contribution in [3.05, 3.63) is 21.3 Å². The molecule has 0 amide bonds. The van der Waals surface area contributed by atoms with Crippen LogP contribution in [0, 0.1) is 0 Å². The average molecular weight is 282 g/mol. The van der Waals surface area contributed by atoms with Crippen molar-refractivity contribution in [1.82, 2.24) is 5.32 Å². The van der Waals surface area contributed by atoms with Crippen molar-refractivity contribution in [2.75, 3.05) is 12.0 Å². The molecule has 6 heteroatoms. The molecule has 2 atom stereocenters. The molecule has 0 aromatic carbocycles. The summed E-state index contributed by atoms with van der Waals surface area (Å²) in [5.74, 6) is 0.149. The van der Waals surface area contributed by atoms with Crippen LogP contribution in [0.25, 0.3) is 0 Å². The van der Waals surface area contributed by atoms with Crippen LogP contribution in [-0.4, -0.2) is 26.5 Å². The second-order valence-corrected chi connectivity index (χ2v) is 7.96. The first-order chi connectivity index (χ1) is 7.28. The molecule has 1 heterocycles. The summed E-state index contributed by atoms with van der Waals surface area (Å²) in [5.41, 5.74) is 0. The maximum absolute atomic E-state index is 11.1. The lowest BCUT2D eigenvalue weighted by atomic mass is 10.2. The Hall–Kier alpha value is -0.100. The highest BCUT2D eigenvalue weighted by Gasteiger charge is 2.15.